The Kier molecular flexibility index (Phi) is 7.90. The molecule has 0 spiro atoms. The van der Waals surface area contributed by atoms with Gasteiger partial charge in [-0.3, -0.25) is 4.79 Å². The number of anilines is 1. The number of carbonyl (C=O) groups excluding carboxylic acids is 1. The maximum atomic E-state index is 12.3. The van der Waals surface area contributed by atoms with E-state index >= 15 is 0 Å². The summed E-state index contributed by atoms with van der Waals surface area (Å²) in [7, 11) is 2.07. The van der Waals surface area contributed by atoms with Crippen molar-refractivity contribution in [3.05, 3.63) is 60.2 Å². The summed E-state index contributed by atoms with van der Waals surface area (Å²) in [5.41, 5.74) is 3.42. The molecule has 0 aliphatic heterocycles. The van der Waals surface area contributed by atoms with Gasteiger partial charge in [-0.1, -0.05) is 54.2 Å². The number of aromatic nitrogens is 3. The second kappa shape index (κ2) is 10.8. The van der Waals surface area contributed by atoms with E-state index in [1.165, 1.54) is 17.4 Å². The summed E-state index contributed by atoms with van der Waals surface area (Å²) in [5, 5.41) is 12.5. The molecule has 1 aromatic heterocycles. The van der Waals surface area contributed by atoms with Crippen LogP contribution in [0.5, 0.6) is 0 Å². The molecule has 0 radical (unpaired) electrons. The van der Waals surface area contributed by atoms with Crippen LogP contribution >= 0.6 is 11.8 Å². The number of nitrogens with zero attached hydrogens (tertiary/aromatic N) is 4. The number of nitrogens with one attached hydrogen (secondary N) is 1. The van der Waals surface area contributed by atoms with Gasteiger partial charge in [0.25, 0.3) is 0 Å². The van der Waals surface area contributed by atoms with E-state index in [0.717, 1.165) is 41.6 Å². The summed E-state index contributed by atoms with van der Waals surface area (Å²) < 4.78 is 2.06. The fourth-order valence-electron chi connectivity index (χ4n) is 3.24. The Labute approximate surface area is 182 Å². The molecule has 0 bridgehead atoms. The number of amides is 1. The normalized spacial score (nSPS) is 10.8. The zero-order valence-corrected chi connectivity index (χ0v) is 18.7. The molecular formula is C23H29N5OS. The monoisotopic (exact) mass is 423 g/mol. The standard InChI is InChI=1S/C23H29N5OS/c1-4-28-22(20-14-9-8-11-18(20)2)25-26-23(28)30-17-21(29)24-15-10-16-27(3)19-12-6-5-7-13-19/h5-9,11-14H,4,10,15-17H2,1-3H3,(H,24,29). The van der Waals surface area contributed by atoms with E-state index in [2.05, 4.69) is 70.1 Å². The Hall–Kier alpha value is -2.80. The molecule has 1 amide bonds. The van der Waals surface area contributed by atoms with Crippen LogP contribution in [0.25, 0.3) is 11.4 Å². The summed E-state index contributed by atoms with van der Waals surface area (Å²) in [6.07, 6.45) is 0.893. The lowest BCUT2D eigenvalue weighted by atomic mass is 10.1. The van der Waals surface area contributed by atoms with E-state index in [4.69, 9.17) is 0 Å². The van der Waals surface area contributed by atoms with Crippen LogP contribution < -0.4 is 10.2 Å². The Morgan fingerprint density at radius 2 is 1.83 bits per heavy atom. The van der Waals surface area contributed by atoms with Gasteiger partial charge in [-0.25, -0.2) is 0 Å². The van der Waals surface area contributed by atoms with Crippen molar-refractivity contribution in [2.45, 2.75) is 32.0 Å². The molecule has 0 atom stereocenters. The van der Waals surface area contributed by atoms with Crippen molar-refractivity contribution in [3.8, 4) is 11.4 Å². The molecule has 3 aromatic rings. The summed E-state index contributed by atoms with van der Waals surface area (Å²) in [4.78, 5) is 14.5. The topological polar surface area (TPSA) is 63.1 Å². The number of carbonyl (C=O) groups is 1. The highest BCUT2D eigenvalue weighted by Crippen LogP contribution is 2.26. The molecule has 7 heteroatoms. The second-order valence-corrected chi connectivity index (χ2v) is 8.06. The van der Waals surface area contributed by atoms with Gasteiger partial charge in [-0.05, 0) is 38.0 Å². The molecule has 6 nitrogen and oxygen atoms in total. The fraction of sp³-hybridized carbons (Fsp3) is 0.348. The Morgan fingerprint density at radius 3 is 2.57 bits per heavy atom. The van der Waals surface area contributed by atoms with Crippen LogP contribution in [0.2, 0.25) is 0 Å². The van der Waals surface area contributed by atoms with E-state index < -0.39 is 0 Å². The third-order valence-electron chi connectivity index (χ3n) is 4.94. The van der Waals surface area contributed by atoms with Gasteiger partial charge >= 0.3 is 0 Å². The smallest absolute Gasteiger partial charge is 0.230 e. The molecule has 0 aliphatic carbocycles. The van der Waals surface area contributed by atoms with Crippen LogP contribution in [0, 0.1) is 6.92 Å². The van der Waals surface area contributed by atoms with Gasteiger partial charge in [-0.15, -0.1) is 10.2 Å². The maximum absolute atomic E-state index is 12.3. The molecule has 0 aliphatic rings. The highest BCUT2D eigenvalue weighted by atomic mass is 32.2. The van der Waals surface area contributed by atoms with Crippen LogP contribution in [0.1, 0.15) is 18.9 Å². The van der Waals surface area contributed by atoms with E-state index in [1.54, 1.807) is 0 Å². The predicted octanol–water partition coefficient (Wildman–Crippen LogP) is 4.01. The average Bonchev–Trinajstić information content (AvgIpc) is 3.18. The second-order valence-electron chi connectivity index (χ2n) is 7.11. The summed E-state index contributed by atoms with van der Waals surface area (Å²) in [5.74, 6) is 1.20. The van der Waals surface area contributed by atoms with Gasteiger partial charge in [0.05, 0.1) is 5.75 Å². The Balaban J connectivity index is 1.46. The highest BCUT2D eigenvalue weighted by Gasteiger charge is 2.15. The third-order valence-corrected chi connectivity index (χ3v) is 5.91. The number of rotatable bonds is 10. The molecule has 0 saturated heterocycles. The number of benzene rings is 2. The minimum Gasteiger partial charge on any atom is -0.375 e. The van der Waals surface area contributed by atoms with E-state index in [9.17, 15) is 4.79 Å². The van der Waals surface area contributed by atoms with E-state index in [0.29, 0.717) is 12.3 Å². The summed E-state index contributed by atoms with van der Waals surface area (Å²) >= 11 is 1.43. The van der Waals surface area contributed by atoms with Crippen molar-refractivity contribution in [2.24, 2.45) is 0 Å². The van der Waals surface area contributed by atoms with Gasteiger partial charge in [0.15, 0.2) is 11.0 Å². The lowest BCUT2D eigenvalue weighted by Crippen LogP contribution is -2.29. The third kappa shape index (κ3) is 5.63. The largest absolute Gasteiger partial charge is 0.375 e. The van der Waals surface area contributed by atoms with Gasteiger partial charge in [0.1, 0.15) is 0 Å². The molecule has 0 fully saturated rings. The molecule has 2 aromatic carbocycles. The predicted molar refractivity (Wildman–Crippen MR) is 124 cm³/mol. The van der Waals surface area contributed by atoms with Crippen molar-refractivity contribution < 1.29 is 4.79 Å². The Morgan fingerprint density at radius 1 is 1.10 bits per heavy atom. The number of thioether (sulfide) groups is 1. The Bertz CT molecular complexity index is 957. The summed E-state index contributed by atoms with van der Waals surface area (Å²) in [6, 6.07) is 18.4. The maximum Gasteiger partial charge on any atom is 0.230 e. The van der Waals surface area contributed by atoms with E-state index in [1.807, 2.05) is 30.3 Å². The first kappa shape index (κ1) is 21.9. The molecule has 30 heavy (non-hydrogen) atoms. The molecule has 0 saturated carbocycles. The van der Waals surface area contributed by atoms with Gasteiger partial charge < -0.3 is 14.8 Å². The zero-order valence-electron chi connectivity index (χ0n) is 17.8. The van der Waals surface area contributed by atoms with Crippen LogP contribution in [0.3, 0.4) is 0 Å². The first-order chi connectivity index (χ1) is 14.6. The lowest BCUT2D eigenvalue weighted by molar-refractivity contribution is -0.118. The lowest BCUT2D eigenvalue weighted by Gasteiger charge is -2.19. The van der Waals surface area contributed by atoms with Crippen LogP contribution in [-0.4, -0.2) is 46.6 Å². The molecule has 3 rings (SSSR count). The molecular weight excluding hydrogens is 394 g/mol. The zero-order chi connectivity index (χ0) is 21.3. The van der Waals surface area contributed by atoms with Crippen molar-refractivity contribution in [3.63, 3.8) is 0 Å². The van der Waals surface area contributed by atoms with Crippen LogP contribution in [0.15, 0.2) is 59.8 Å². The first-order valence-electron chi connectivity index (χ1n) is 10.2. The highest BCUT2D eigenvalue weighted by molar-refractivity contribution is 7.99. The van der Waals surface area contributed by atoms with Crippen molar-refractivity contribution in [2.75, 3.05) is 30.8 Å². The minimum atomic E-state index is 0.0189. The van der Waals surface area contributed by atoms with Crippen molar-refractivity contribution >= 4 is 23.4 Å². The number of aryl methyl sites for hydroxylation is 1. The fourth-order valence-corrected chi connectivity index (χ4v) is 4.07. The average molecular weight is 424 g/mol. The summed E-state index contributed by atoms with van der Waals surface area (Å²) in [6.45, 7) is 6.44. The molecule has 0 unspecified atom stereocenters. The van der Waals surface area contributed by atoms with Gasteiger partial charge in [0.2, 0.25) is 5.91 Å². The molecule has 158 valence electrons. The quantitative estimate of drug-likeness (QED) is 0.394. The number of para-hydroxylation sites is 1. The van der Waals surface area contributed by atoms with Crippen LogP contribution in [-0.2, 0) is 11.3 Å². The number of hydrogen-bond donors (Lipinski definition) is 1. The van der Waals surface area contributed by atoms with Gasteiger partial charge in [0, 0.05) is 37.9 Å². The number of hydrogen-bond acceptors (Lipinski definition) is 5. The van der Waals surface area contributed by atoms with Crippen molar-refractivity contribution in [1.82, 2.24) is 20.1 Å². The van der Waals surface area contributed by atoms with E-state index in [-0.39, 0.29) is 5.91 Å². The van der Waals surface area contributed by atoms with Gasteiger partial charge in [-0.2, -0.15) is 0 Å². The van der Waals surface area contributed by atoms with Crippen LogP contribution in [0.4, 0.5) is 5.69 Å². The molecule has 1 N–H and O–H groups in total. The molecule has 1 heterocycles. The van der Waals surface area contributed by atoms with Crippen molar-refractivity contribution in [1.29, 1.82) is 0 Å². The SMILES string of the molecule is CCn1c(SCC(=O)NCCCN(C)c2ccccc2)nnc1-c1ccccc1C. The first-order valence-corrected chi connectivity index (χ1v) is 11.2. The minimum absolute atomic E-state index is 0.0189.